The Balaban J connectivity index is 2.16. The molecule has 1 heterocycles. The normalized spacial score (nSPS) is 27.8. The van der Waals surface area contributed by atoms with E-state index >= 15 is 0 Å². The van der Waals surface area contributed by atoms with Gasteiger partial charge in [-0.1, -0.05) is 46.3 Å². The highest BCUT2D eigenvalue weighted by Crippen LogP contribution is 2.31. The van der Waals surface area contributed by atoms with Crippen LogP contribution in [0.15, 0.2) is 30.3 Å². The fourth-order valence-corrected chi connectivity index (χ4v) is 2.52. The second-order valence-corrected chi connectivity index (χ2v) is 4.02. The molecular weight excluding hydrogens is 228 g/mol. The van der Waals surface area contributed by atoms with Crippen molar-refractivity contribution < 1.29 is 4.74 Å². The topological polar surface area (TPSA) is 9.23 Å². The lowest BCUT2D eigenvalue weighted by Gasteiger charge is -2.15. The molecule has 0 radical (unpaired) electrons. The van der Waals surface area contributed by atoms with Crippen LogP contribution < -0.4 is 0 Å². The van der Waals surface area contributed by atoms with Gasteiger partial charge in [0.2, 0.25) is 0 Å². The summed E-state index contributed by atoms with van der Waals surface area (Å²) in [4.78, 5) is 0. The lowest BCUT2D eigenvalue weighted by atomic mass is 9.94. The maximum atomic E-state index is 5.62. The van der Waals surface area contributed by atoms with Gasteiger partial charge in [0.1, 0.15) is 0 Å². The average molecular weight is 241 g/mol. The summed E-state index contributed by atoms with van der Waals surface area (Å²) in [5, 5.41) is 0.937. The fourth-order valence-electron chi connectivity index (χ4n) is 1.88. The summed E-state index contributed by atoms with van der Waals surface area (Å²) < 4.78 is 5.62. The quantitative estimate of drug-likeness (QED) is 0.723. The second kappa shape index (κ2) is 4.25. The van der Waals surface area contributed by atoms with Crippen LogP contribution in [-0.2, 0) is 4.74 Å². The Labute approximate surface area is 87.2 Å². The molecule has 2 heteroatoms. The van der Waals surface area contributed by atoms with Gasteiger partial charge in [-0.25, -0.2) is 0 Å². The third-order valence-corrected chi connectivity index (χ3v) is 3.23. The standard InChI is InChI=1S/C11H13BrO/c12-8-11-10(6-7-13-11)9-4-2-1-3-5-9/h1-5,10-11H,6-8H2/t10-,11+/m0/s1. The number of hydrogen-bond donors (Lipinski definition) is 0. The highest BCUT2D eigenvalue weighted by Gasteiger charge is 2.28. The molecule has 0 saturated carbocycles. The molecule has 1 aliphatic heterocycles. The lowest BCUT2D eigenvalue weighted by molar-refractivity contribution is 0.123. The molecule has 1 aromatic carbocycles. The van der Waals surface area contributed by atoms with Crippen LogP contribution in [0.1, 0.15) is 17.9 Å². The van der Waals surface area contributed by atoms with Crippen molar-refractivity contribution in [2.24, 2.45) is 0 Å². The number of ether oxygens (including phenoxy) is 1. The van der Waals surface area contributed by atoms with Gasteiger partial charge in [0.25, 0.3) is 0 Å². The summed E-state index contributed by atoms with van der Waals surface area (Å²) in [6.07, 6.45) is 1.52. The number of rotatable bonds is 2. The van der Waals surface area contributed by atoms with Gasteiger partial charge >= 0.3 is 0 Å². The summed E-state index contributed by atoms with van der Waals surface area (Å²) in [6.45, 7) is 0.899. The molecule has 0 aromatic heterocycles. The van der Waals surface area contributed by atoms with Crippen LogP contribution in [0.25, 0.3) is 0 Å². The second-order valence-electron chi connectivity index (χ2n) is 3.37. The number of halogens is 1. The van der Waals surface area contributed by atoms with Gasteiger partial charge in [-0.2, -0.15) is 0 Å². The van der Waals surface area contributed by atoms with Crippen molar-refractivity contribution in [3.63, 3.8) is 0 Å². The first kappa shape index (κ1) is 9.22. The van der Waals surface area contributed by atoms with E-state index < -0.39 is 0 Å². The largest absolute Gasteiger partial charge is 0.377 e. The van der Waals surface area contributed by atoms with Crippen molar-refractivity contribution in [1.82, 2.24) is 0 Å². The monoisotopic (exact) mass is 240 g/mol. The van der Waals surface area contributed by atoms with Gasteiger partial charge in [-0.05, 0) is 12.0 Å². The summed E-state index contributed by atoms with van der Waals surface area (Å²) in [7, 11) is 0. The van der Waals surface area contributed by atoms with Crippen LogP contribution in [0.2, 0.25) is 0 Å². The van der Waals surface area contributed by atoms with Crippen LogP contribution in [0, 0.1) is 0 Å². The van der Waals surface area contributed by atoms with Gasteiger partial charge in [0.15, 0.2) is 0 Å². The predicted octanol–water partition coefficient (Wildman–Crippen LogP) is 2.95. The third-order valence-electron chi connectivity index (χ3n) is 2.59. The molecule has 1 nitrogen and oxygen atoms in total. The van der Waals surface area contributed by atoms with E-state index in [0.29, 0.717) is 12.0 Å². The SMILES string of the molecule is BrC[C@H]1OCC[C@H]1c1ccccc1. The zero-order valence-corrected chi connectivity index (χ0v) is 9.03. The summed E-state index contributed by atoms with van der Waals surface area (Å²) >= 11 is 3.49. The first-order valence-electron chi connectivity index (χ1n) is 4.64. The van der Waals surface area contributed by atoms with Crippen molar-refractivity contribution in [2.45, 2.75) is 18.4 Å². The molecule has 1 saturated heterocycles. The van der Waals surface area contributed by atoms with E-state index in [0.717, 1.165) is 18.4 Å². The molecule has 70 valence electrons. The molecule has 2 rings (SSSR count). The van der Waals surface area contributed by atoms with Gasteiger partial charge in [-0.15, -0.1) is 0 Å². The highest BCUT2D eigenvalue weighted by atomic mass is 79.9. The average Bonchev–Trinajstić information content (AvgIpc) is 2.67. The molecule has 0 bridgehead atoms. The van der Waals surface area contributed by atoms with E-state index in [1.165, 1.54) is 5.56 Å². The first-order valence-corrected chi connectivity index (χ1v) is 5.76. The number of hydrogen-bond acceptors (Lipinski definition) is 1. The van der Waals surface area contributed by atoms with Crippen molar-refractivity contribution >= 4 is 15.9 Å². The summed E-state index contributed by atoms with van der Waals surface area (Å²) in [5.41, 5.74) is 1.41. The number of benzene rings is 1. The minimum atomic E-state index is 0.363. The van der Waals surface area contributed by atoms with Crippen molar-refractivity contribution in [2.75, 3.05) is 11.9 Å². The Morgan fingerprint density at radius 2 is 2.08 bits per heavy atom. The minimum Gasteiger partial charge on any atom is -0.377 e. The molecule has 1 aromatic rings. The van der Waals surface area contributed by atoms with Crippen LogP contribution >= 0.6 is 15.9 Å². The molecular formula is C11H13BrO. The zero-order chi connectivity index (χ0) is 9.10. The van der Waals surface area contributed by atoms with Crippen LogP contribution in [0.5, 0.6) is 0 Å². The Bertz CT molecular complexity index is 260. The van der Waals surface area contributed by atoms with Gasteiger partial charge in [-0.3, -0.25) is 0 Å². The molecule has 0 spiro atoms. The molecule has 0 amide bonds. The van der Waals surface area contributed by atoms with E-state index in [1.54, 1.807) is 0 Å². The summed E-state index contributed by atoms with van der Waals surface area (Å²) in [5.74, 6) is 0.584. The number of alkyl halides is 1. The van der Waals surface area contributed by atoms with E-state index in [1.807, 2.05) is 0 Å². The summed E-state index contributed by atoms with van der Waals surface area (Å²) in [6, 6.07) is 10.6. The first-order chi connectivity index (χ1) is 6.42. The van der Waals surface area contributed by atoms with Gasteiger partial charge in [0.05, 0.1) is 6.10 Å². The lowest BCUT2D eigenvalue weighted by Crippen LogP contribution is -2.15. The van der Waals surface area contributed by atoms with Crippen LogP contribution in [0.4, 0.5) is 0 Å². The van der Waals surface area contributed by atoms with E-state index in [-0.39, 0.29) is 0 Å². The maximum Gasteiger partial charge on any atom is 0.0741 e. The molecule has 13 heavy (non-hydrogen) atoms. The van der Waals surface area contributed by atoms with E-state index in [9.17, 15) is 0 Å². The fraction of sp³-hybridized carbons (Fsp3) is 0.455. The Hall–Kier alpha value is -0.340. The van der Waals surface area contributed by atoms with Crippen molar-refractivity contribution in [3.8, 4) is 0 Å². The Morgan fingerprint density at radius 1 is 1.31 bits per heavy atom. The third kappa shape index (κ3) is 1.94. The van der Waals surface area contributed by atoms with Crippen molar-refractivity contribution in [1.29, 1.82) is 0 Å². The molecule has 2 atom stereocenters. The minimum absolute atomic E-state index is 0.363. The van der Waals surface area contributed by atoms with Crippen LogP contribution in [-0.4, -0.2) is 18.0 Å². The predicted molar refractivity (Wildman–Crippen MR) is 57.3 cm³/mol. The Morgan fingerprint density at radius 3 is 2.77 bits per heavy atom. The van der Waals surface area contributed by atoms with Crippen molar-refractivity contribution in [3.05, 3.63) is 35.9 Å². The van der Waals surface area contributed by atoms with E-state index in [2.05, 4.69) is 46.3 Å². The zero-order valence-electron chi connectivity index (χ0n) is 7.45. The Kier molecular flexibility index (Phi) is 3.01. The highest BCUT2D eigenvalue weighted by molar-refractivity contribution is 9.09. The van der Waals surface area contributed by atoms with E-state index in [4.69, 9.17) is 4.74 Å². The smallest absolute Gasteiger partial charge is 0.0741 e. The molecule has 1 aliphatic rings. The molecule has 0 N–H and O–H groups in total. The molecule has 0 aliphatic carbocycles. The van der Waals surface area contributed by atoms with Gasteiger partial charge in [0, 0.05) is 17.9 Å². The van der Waals surface area contributed by atoms with Crippen LogP contribution in [0.3, 0.4) is 0 Å². The molecule has 0 unspecified atom stereocenters. The van der Waals surface area contributed by atoms with Gasteiger partial charge < -0.3 is 4.74 Å². The maximum absolute atomic E-state index is 5.62. The molecule has 1 fully saturated rings.